The number of aliphatic carboxylic acids is 1. The number of carboxylic acid groups (broad SMARTS) is 1. The Morgan fingerprint density at radius 1 is 1.19 bits per heavy atom. The third-order valence-electron chi connectivity index (χ3n) is 5.60. The van der Waals surface area contributed by atoms with E-state index >= 15 is 0 Å². The SMILES string of the molecule is O=C[C@H](C(=O)N1CC[C@H](C(=O)O)C1)c1ccc2c(-c3ccc(F)cc3Cl)cc(=O)oc2c1. The monoisotopic (exact) mass is 457 g/mol. The van der Waals surface area contributed by atoms with Crippen LogP contribution in [0.4, 0.5) is 4.39 Å². The van der Waals surface area contributed by atoms with E-state index in [1.807, 2.05) is 0 Å². The molecule has 1 aromatic heterocycles. The number of aldehydes is 1. The van der Waals surface area contributed by atoms with Gasteiger partial charge in [-0.25, -0.2) is 9.18 Å². The third-order valence-corrected chi connectivity index (χ3v) is 5.91. The number of carbonyl (C=O) groups is 3. The molecular formula is C23H17ClFNO6. The van der Waals surface area contributed by atoms with Crippen LogP contribution >= 0.6 is 11.6 Å². The Labute approximate surface area is 186 Å². The first kappa shape index (κ1) is 21.7. The van der Waals surface area contributed by atoms with Crippen LogP contribution in [0.3, 0.4) is 0 Å². The first-order valence-corrected chi connectivity index (χ1v) is 10.2. The zero-order valence-corrected chi connectivity index (χ0v) is 17.3. The van der Waals surface area contributed by atoms with Gasteiger partial charge in [0, 0.05) is 35.7 Å². The van der Waals surface area contributed by atoms with Crippen molar-refractivity contribution in [2.45, 2.75) is 12.3 Å². The van der Waals surface area contributed by atoms with Crippen molar-refractivity contribution in [3.8, 4) is 11.1 Å². The molecule has 164 valence electrons. The topological polar surface area (TPSA) is 105 Å². The summed E-state index contributed by atoms with van der Waals surface area (Å²) >= 11 is 6.16. The molecule has 7 nitrogen and oxygen atoms in total. The van der Waals surface area contributed by atoms with Gasteiger partial charge < -0.3 is 19.2 Å². The van der Waals surface area contributed by atoms with Crippen LogP contribution in [-0.4, -0.2) is 41.3 Å². The summed E-state index contributed by atoms with van der Waals surface area (Å²) < 4.78 is 18.7. The number of hydrogen-bond acceptors (Lipinski definition) is 5. The Morgan fingerprint density at radius 2 is 1.97 bits per heavy atom. The molecule has 32 heavy (non-hydrogen) atoms. The number of hydrogen-bond donors (Lipinski definition) is 1. The van der Waals surface area contributed by atoms with Gasteiger partial charge in [0.1, 0.15) is 23.6 Å². The van der Waals surface area contributed by atoms with Gasteiger partial charge in [-0.1, -0.05) is 23.7 Å². The summed E-state index contributed by atoms with van der Waals surface area (Å²) in [6.07, 6.45) is 0.803. The van der Waals surface area contributed by atoms with Crippen LogP contribution in [0.1, 0.15) is 17.9 Å². The molecule has 0 bridgehead atoms. The molecule has 0 unspecified atom stereocenters. The van der Waals surface area contributed by atoms with Crippen molar-refractivity contribution < 1.29 is 28.3 Å². The molecule has 0 aliphatic carbocycles. The van der Waals surface area contributed by atoms with Gasteiger partial charge in [0.25, 0.3) is 0 Å². The molecule has 2 aromatic carbocycles. The van der Waals surface area contributed by atoms with Gasteiger partial charge in [-0.05, 0) is 36.2 Å². The number of benzene rings is 2. The highest BCUT2D eigenvalue weighted by molar-refractivity contribution is 6.33. The molecule has 4 rings (SSSR count). The maximum Gasteiger partial charge on any atom is 0.336 e. The minimum Gasteiger partial charge on any atom is -0.481 e. The minimum absolute atomic E-state index is 0.0361. The van der Waals surface area contributed by atoms with Crippen molar-refractivity contribution in [3.05, 3.63) is 69.3 Å². The van der Waals surface area contributed by atoms with Gasteiger partial charge in [-0.3, -0.25) is 9.59 Å². The number of halogens is 2. The van der Waals surface area contributed by atoms with Gasteiger partial charge in [-0.15, -0.1) is 0 Å². The number of fused-ring (bicyclic) bond motifs is 1. The van der Waals surface area contributed by atoms with E-state index in [0.717, 1.165) is 6.07 Å². The second-order valence-electron chi connectivity index (χ2n) is 7.58. The van der Waals surface area contributed by atoms with E-state index in [0.29, 0.717) is 34.8 Å². The maximum atomic E-state index is 13.4. The molecule has 1 aliphatic heterocycles. The van der Waals surface area contributed by atoms with Crippen LogP contribution < -0.4 is 5.63 Å². The molecular weight excluding hydrogens is 441 g/mol. The van der Waals surface area contributed by atoms with E-state index in [2.05, 4.69) is 0 Å². The van der Waals surface area contributed by atoms with Crippen molar-refractivity contribution in [3.63, 3.8) is 0 Å². The second-order valence-corrected chi connectivity index (χ2v) is 7.99. The fourth-order valence-electron chi connectivity index (χ4n) is 3.94. The van der Waals surface area contributed by atoms with Gasteiger partial charge >= 0.3 is 11.6 Å². The first-order valence-electron chi connectivity index (χ1n) is 9.78. The number of carbonyl (C=O) groups excluding carboxylic acids is 2. The number of amides is 1. The Kier molecular flexibility index (Phi) is 5.80. The summed E-state index contributed by atoms with van der Waals surface area (Å²) in [6.45, 7) is 0.282. The summed E-state index contributed by atoms with van der Waals surface area (Å²) in [6, 6.07) is 9.62. The lowest BCUT2D eigenvalue weighted by atomic mass is 9.95. The van der Waals surface area contributed by atoms with E-state index < -0.39 is 35.2 Å². The van der Waals surface area contributed by atoms with Gasteiger partial charge in [-0.2, -0.15) is 0 Å². The Bertz CT molecular complexity index is 1300. The highest BCUT2D eigenvalue weighted by Crippen LogP contribution is 2.34. The molecule has 1 aliphatic rings. The molecule has 1 fully saturated rings. The summed E-state index contributed by atoms with van der Waals surface area (Å²) in [4.78, 5) is 49.3. The number of carboxylic acids is 1. The van der Waals surface area contributed by atoms with Gasteiger partial charge in [0.2, 0.25) is 5.91 Å². The standard InChI is InChI=1S/C23H17ClFNO6/c24-19-8-14(25)2-4-15(19)17-9-21(28)32-20-7-12(1-3-16(17)20)18(11-27)22(29)26-6-5-13(10-26)23(30)31/h1-4,7-9,11,13,18H,5-6,10H2,(H,30,31)/t13-,18-/m0/s1. The number of nitrogens with zero attached hydrogens (tertiary/aromatic N) is 1. The van der Waals surface area contributed by atoms with E-state index in [1.165, 1.54) is 29.2 Å². The van der Waals surface area contributed by atoms with Crippen LogP contribution in [0, 0.1) is 11.7 Å². The van der Waals surface area contributed by atoms with Crippen LogP contribution in [0.2, 0.25) is 5.02 Å². The van der Waals surface area contributed by atoms with Crippen molar-refractivity contribution >= 4 is 40.7 Å². The highest BCUT2D eigenvalue weighted by atomic mass is 35.5. The molecule has 0 spiro atoms. The van der Waals surface area contributed by atoms with E-state index in [-0.39, 0.29) is 23.7 Å². The molecule has 2 heterocycles. The highest BCUT2D eigenvalue weighted by Gasteiger charge is 2.34. The smallest absolute Gasteiger partial charge is 0.336 e. The van der Waals surface area contributed by atoms with Crippen molar-refractivity contribution in [1.82, 2.24) is 4.90 Å². The summed E-state index contributed by atoms with van der Waals surface area (Å²) in [5.74, 6) is -3.85. The fraction of sp³-hybridized carbons (Fsp3) is 0.217. The number of rotatable bonds is 5. The molecule has 2 atom stereocenters. The lowest BCUT2D eigenvalue weighted by Gasteiger charge is -2.20. The van der Waals surface area contributed by atoms with Crippen LogP contribution in [0.15, 0.2) is 51.7 Å². The van der Waals surface area contributed by atoms with E-state index in [4.69, 9.17) is 21.1 Å². The Morgan fingerprint density at radius 3 is 2.62 bits per heavy atom. The van der Waals surface area contributed by atoms with Gasteiger partial charge in [0.15, 0.2) is 0 Å². The molecule has 9 heteroatoms. The first-order chi connectivity index (χ1) is 15.3. The van der Waals surface area contributed by atoms with Crippen molar-refractivity contribution in [2.75, 3.05) is 13.1 Å². The van der Waals surface area contributed by atoms with Crippen LogP contribution in [0.25, 0.3) is 22.1 Å². The summed E-state index contributed by atoms with van der Waals surface area (Å²) in [5.41, 5.74) is 0.614. The zero-order valence-electron chi connectivity index (χ0n) is 16.6. The summed E-state index contributed by atoms with van der Waals surface area (Å²) in [5, 5.41) is 9.75. The average Bonchev–Trinajstić information content (AvgIpc) is 3.24. The van der Waals surface area contributed by atoms with Crippen molar-refractivity contribution in [1.29, 1.82) is 0 Å². The predicted octanol–water partition coefficient (Wildman–Crippen LogP) is 3.47. The Hall–Kier alpha value is -3.52. The molecule has 1 N–H and O–H groups in total. The molecule has 0 radical (unpaired) electrons. The summed E-state index contributed by atoms with van der Waals surface area (Å²) in [7, 11) is 0. The predicted molar refractivity (Wildman–Crippen MR) is 114 cm³/mol. The zero-order chi connectivity index (χ0) is 23.0. The quantitative estimate of drug-likeness (QED) is 0.357. The minimum atomic E-state index is -1.17. The Balaban J connectivity index is 1.73. The average molecular weight is 458 g/mol. The van der Waals surface area contributed by atoms with E-state index in [9.17, 15) is 23.6 Å². The van der Waals surface area contributed by atoms with Crippen LogP contribution in [0.5, 0.6) is 0 Å². The van der Waals surface area contributed by atoms with E-state index in [1.54, 1.807) is 12.1 Å². The third kappa shape index (κ3) is 4.01. The van der Waals surface area contributed by atoms with Gasteiger partial charge in [0.05, 0.1) is 10.9 Å². The largest absolute Gasteiger partial charge is 0.481 e. The van der Waals surface area contributed by atoms with Crippen LogP contribution in [-0.2, 0) is 14.4 Å². The second kappa shape index (κ2) is 8.55. The fourth-order valence-corrected chi connectivity index (χ4v) is 4.21. The number of likely N-dealkylation sites (tertiary alicyclic amines) is 1. The lowest BCUT2D eigenvalue weighted by molar-refractivity contribution is -0.141. The molecule has 0 saturated carbocycles. The normalized spacial score (nSPS) is 16.8. The molecule has 3 aromatic rings. The maximum absolute atomic E-state index is 13.4. The molecule has 1 saturated heterocycles. The lowest BCUT2D eigenvalue weighted by Crippen LogP contribution is -2.34. The molecule has 1 amide bonds. The van der Waals surface area contributed by atoms with Crippen molar-refractivity contribution in [2.24, 2.45) is 5.92 Å².